The molecule has 1 heterocycles. The van der Waals surface area contributed by atoms with E-state index in [9.17, 15) is 0 Å². The van der Waals surface area contributed by atoms with Crippen molar-refractivity contribution in [1.82, 2.24) is 10.2 Å². The van der Waals surface area contributed by atoms with Crippen LogP contribution in [0.25, 0.3) is 0 Å². The molecule has 0 spiro atoms. The van der Waals surface area contributed by atoms with Gasteiger partial charge in [-0.1, -0.05) is 29.3 Å². The Morgan fingerprint density at radius 1 is 1.17 bits per heavy atom. The van der Waals surface area contributed by atoms with E-state index in [1.165, 1.54) is 12.0 Å². The molecule has 1 atom stereocenters. The lowest BCUT2D eigenvalue weighted by Gasteiger charge is -2.27. The fourth-order valence-electron chi connectivity index (χ4n) is 2.24. The average molecular weight is 310 g/mol. The number of halogens is 3. The van der Waals surface area contributed by atoms with Gasteiger partial charge in [-0.15, -0.1) is 12.4 Å². The van der Waals surface area contributed by atoms with E-state index >= 15 is 0 Å². The molecule has 102 valence electrons. The molecule has 5 heteroatoms. The van der Waals surface area contributed by atoms with Crippen LogP contribution in [0, 0.1) is 0 Å². The SMILES string of the molecule is CC(c1ccc(Cl)c(Cl)c1)N1CCCNCC1.Cl. The molecule has 1 unspecified atom stereocenters. The van der Waals surface area contributed by atoms with Gasteiger partial charge in [0.05, 0.1) is 10.0 Å². The predicted molar refractivity (Wildman–Crippen MR) is 81.2 cm³/mol. The average Bonchev–Trinajstić information content (AvgIpc) is 2.60. The number of hydrogen-bond acceptors (Lipinski definition) is 2. The van der Waals surface area contributed by atoms with E-state index in [4.69, 9.17) is 23.2 Å². The van der Waals surface area contributed by atoms with Crippen LogP contribution in [-0.4, -0.2) is 31.1 Å². The minimum Gasteiger partial charge on any atom is -0.315 e. The van der Waals surface area contributed by atoms with Crippen molar-refractivity contribution in [2.75, 3.05) is 26.2 Å². The molecule has 0 aliphatic carbocycles. The fourth-order valence-corrected chi connectivity index (χ4v) is 2.54. The van der Waals surface area contributed by atoms with Crippen molar-refractivity contribution in [2.45, 2.75) is 19.4 Å². The van der Waals surface area contributed by atoms with E-state index in [-0.39, 0.29) is 12.4 Å². The molecule has 1 saturated heterocycles. The highest BCUT2D eigenvalue weighted by molar-refractivity contribution is 6.42. The van der Waals surface area contributed by atoms with E-state index in [0.717, 1.165) is 26.2 Å². The van der Waals surface area contributed by atoms with E-state index in [1.807, 2.05) is 12.1 Å². The molecule has 2 rings (SSSR count). The maximum absolute atomic E-state index is 6.07. The molecule has 1 aromatic rings. The Morgan fingerprint density at radius 3 is 2.67 bits per heavy atom. The van der Waals surface area contributed by atoms with Crippen molar-refractivity contribution in [3.05, 3.63) is 33.8 Å². The van der Waals surface area contributed by atoms with Gasteiger partial charge in [-0.25, -0.2) is 0 Å². The summed E-state index contributed by atoms with van der Waals surface area (Å²) < 4.78 is 0. The minimum atomic E-state index is 0. The number of nitrogens with zero attached hydrogens (tertiary/aromatic N) is 1. The van der Waals surface area contributed by atoms with Gasteiger partial charge < -0.3 is 5.32 Å². The molecule has 1 fully saturated rings. The van der Waals surface area contributed by atoms with Crippen LogP contribution in [0.1, 0.15) is 24.9 Å². The van der Waals surface area contributed by atoms with E-state index in [1.54, 1.807) is 0 Å². The summed E-state index contributed by atoms with van der Waals surface area (Å²) in [5.41, 5.74) is 1.24. The Hall–Kier alpha value is 0.01000. The smallest absolute Gasteiger partial charge is 0.0595 e. The van der Waals surface area contributed by atoms with Gasteiger partial charge in [0.1, 0.15) is 0 Å². The molecule has 0 radical (unpaired) electrons. The Bertz CT molecular complexity index is 376. The predicted octanol–water partition coefficient (Wildman–Crippen LogP) is 3.77. The van der Waals surface area contributed by atoms with Crippen molar-refractivity contribution in [3.63, 3.8) is 0 Å². The fraction of sp³-hybridized carbons (Fsp3) is 0.538. The molecule has 1 aliphatic heterocycles. The van der Waals surface area contributed by atoms with Gasteiger partial charge in [-0.2, -0.15) is 0 Å². The van der Waals surface area contributed by atoms with Crippen molar-refractivity contribution in [2.24, 2.45) is 0 Å². The standard InChI is InChI=1S/C13H18Cl2N2.ClH/c1-10(17-7-2-5-16-6-8-17)11-3-4-12(14)13(15)9-11;/h3-4,9-10,16H,2,5-8H2,1H3;1H. The highest BCUT2D eigenvalue weighted by atomic mass is 35.5. The molecule has 2 nitrogen and oxygen atoms in total. The van der Waals surface area contributed by atoms with Crippen LogP contribution in [0.2, 0.25) is 10.0 Å². The summed E-state index contributed by atoms with van der Waals surface area (Å²) in [7, 11) is 0. The molecule has 1 aromatic carbocycles. The van der Waals surface area contributed by atoms with Crippen LogP contribution in [-0.2, 0) is 0 Å². The Kier molecular flexibility index (Phi) is 6.75. The summed E-state index contributed by atoms with van der Waals surface area (Å²) in [5.74, 6) is 0. The summed E-state index contributed by atoms with van der Waals surface area (Å²) in [6.07, 6.45) is 1.20. The lowest BCUT2D eigenvalue weighted by atomic mass is 10.1. The number of rotatable bonds is 2. The maximum Gasteiger partial charge on any atom is 0.0595 e. The van der Waals surface area contributed by atoms with Crippen molar-refractivity contribution in [3.8, 4) is 0 Å². The molecular formula is C13H19Cl3N2. The summed E-state index contributed by atoms with van der Waals surface area (Å²) >= 11 is 12.0. The van der Waals surface area contributed by atoms with Crippen molar-refractivity contribution < 1.29 is 0 Å². The topological polar surface area (TPSA) is 15.3 Å². The van der Waals surface area contributed by atoms with Crippen LogP contribution in [0.3, 0.4) is 0 Å². The zero-order valence-electron chi connectivity index (χ0n) is 10.5. The normalized spacial score (nSPS) is 18.8. The molecular weight excluding hydrogens is 291 g/mol. The molecule has 1 aliphatic rings. The lowest BCUT2D eigenvalue weighted by Crippen LogP contribution is -2.30. The first-order chi connectivity index (χ1) is 8.18. The Morgan fingerprint density at radius 2 is 1.94 bits per heavy atom. The van der Waals surface area contributed by atoms with Gasteiger partial charge in [0, 0.05) is 19.1 Å². The van der Waals surface area contributed by atoms with Crippen molar-refractivity contribution >= 4 is 35.6 Å². The third-order valence-electron chi connectivity index (χ3n) is 3.35. The Labute approximate surface area is 125 Å². The highest BCUT2D eigenvalue weighted by Gasteiger charge is 2.17. The first kappa shape index (κ1) is 16.1. The summed E-state index contributed by atoms with van der Waals surface area (Å²) in [6.45, 7) is 6.62. The van der Waals surface area contributed by atoms with Gasteiger partial charge in [0.25, 0.3) is 0 Å². The first-order valence-corrected chi connectivity index (χ1v) is 6.84. The van der Waals surface area contributed by atoms with E-state index < -0.39 is 0 Å². The molecule has 0 aromatic heterocycles. The zero-order valence-corrected chi connectivity index (χ0v) is 12.8. The van der Waals surface area contributed by atoms with Crippen LogP contribution in [0.5, 0.6) is 0 Å². The number of benzene rings is 1. The lowest BCUT2D eigenvalue weighted by molar-refractivity contribution is 0.225. The van der Waals surface area contributed by atoms with Crippen LogP contribution in [0.15, 0.2) is 18.2 Å². The van der Waals surface area contributed by atoms with Crippen LogP contribution in [0.4, 0.5) is 0 Å². The van der Waals surface area contributed by atoms with Crippen LogP contribution < -0.4 is 5.32 Å². The zero-order chi connectivity index (χ0) is 12.3. The Balaban J connectivity index is 0.00000162. The van der Waals surface area contributed by atoms with E-state index in [2.05, 4.69) is 23.2 Å². The third-order valence-corrected chi connectivity index (χ3v) is 4.09. The van der Waals surface area contributed by atoms with Gasteiger partial charge in [-0.3, -0.25) is 4.90 Å². The highest BCUT2D eigenvalue weighted by Crippen LogP contribution is 2.28. The first-order valence-electron chi connectivity index (χ1n) is 6.08. The van der Waals surface area contributed by atoms with Gasteiger partial charge >= 0.3 is 0 Å². The van der Waals surface area contributed by atoms with Gasteiger partial charge in [0.2, 0.25) is 0 Å². The second-order valence-electron chi connectivity index (χ2n) is 4.49. The summed E-state index contributed by atoms with van der Waals surface area (Å²) in [4.78, 5) is 2.49. The van der Waals surface area contributed by atoms with E-state index in [0.29, 0.717) is 16.1 Å². The minimum absolute atomic E-state index is 0. The summed E-state index contributed by atoms with van der Waals surface area (Å²) in [5, 5.41) is 4.68. The monoisotopic (exact) mass is 308 g/mol. The molecule has 18 heavy (non-hydrogen) atoms. The van der Waals surface area contributed by atoms with Gasteiger partial charge in [-0.05, 0) is 44.1 Å². The number of hydrogen-bond donors (Lipinski definition) is 1. The molecule has 0 bridgehead atoms. The molecule has 1 N–H and O–H groups in total. The third kappa shape index (κ3) is 4.01. The quantitative estimate of drug-likeness (QED) is 0.894. The number of nitrogens with one attached hydrogen (secondary N) is 1. The molecule has 0 saturated carbocycles. The van der Waals surface area contributed by atoms with Gasteiger partial charge in [0.15, 0.2) is 0 Å². The van der Waals surface area contributed by atoms with Crippen molar-refractivity contribution in [1.29, 1.82) is 0 Å². The second-order valence-corrected chi connectivity index (χ2v) is 5.30. The maximum atomic E-state index is 6.07. The van der Waals surface area contributed by atoms with Crippen LogP contribution >= 0.6 is 35.6 Å². The molecule has 0 amide bonds. The largest absolute Gasteiger partial charge is 0.315 e. The second kappa shape index (κ2) is 7.56. The summed E-state index contributed by atoms with van der Waals surface area (Å²) in [6, 6.07) is 6.32.